The maximum Gasteiger partial charge on any atom is 0.326 e. The maximum atomic E-state index is 12.9. The first-order valence-corrected chi connectivity index (χ1v) is 10.3. The summed E-state index contributed by atoms with van der Waals surface area (Å²) in [5.41, 5.74) is 0.263. The lowest BCUT2D eigenvalue weighted by atomic mass is 9.88. The molecule has 160 valence electrons. The first-order valence-electron chi connectivity index (χ1n) is 10.3. The number of imide groups is 1. The van der Waals surface area contributed by atoms with Gasteiger partial charge in [0.1, 0.15) is 12.1 Å². The van der Waals surface area contributed by atoms with Gasteiger partial charge in [-0.3, -0.25) is 19.3 Å². The molecule has 0 unspecified atom stereocenters. The maximum absolute atomic E-state index is 12.9. The van der Waals surface area contributed by atoms with Crippen molar-refractivity contribution < 1.29 is 23.9 Å². The summed E-state index contributed by atoms with van der Waals surface area (Å²) in [7, 11) is 0. The van der Waals surface area contributed by atoms with E-state index in [4.69, 9.17) is 4.74 Å². The minimum atomic E-state index is -1.05. The minimum Gasteiger partial charge on any atom is -0.453 e. The third-order valence-electron chi connectivity index (χ3n) is 5.42. The second kappa shape index (κ2) is 8.69. The number of para-hydroxylation sites is 1. The van der Waals surface area contributed by atoms with Crippen LogP contribution in [0.25, 0.3) is 10.9 Å². The molecule has 2 heterocycles. The standard InChI is InChI=1S/C22H27N3O5/c1-4-10-22(11-5-2)20(28)25(21(29)24-22)13-18(26)30-14(3)19(27)16-12-23-17-9-7-6-8-15(16)17/h6-9,12,14,23H,4-5,10-11,13H2,1-3H3,(H,24,29)/t14-/m0/s1. The molecule has 3 amide bonds. The lowest BCUT2D eigenvalue weighted by molar-refractivity contribution is -0.150. The number of aromatic amines is 1. The van der Waals surface area contributed by atoms with Crippen LogP contribution in [-0.4, -0.2) is 51.8 Å². The van der Waals surface area contributed by atoms with E-state index in [0.29, 0.717) is 18.4 Å². The quantitative estimate of drug-likeness (QED) is 0.373. The van der Waals surface area contributed by atoms with Gasteiger partial charge in [-0.15, -0.1) is 0 Å². The van der Waals surface area contributed by atoms with Crippen molar-refractivity contribution in [3.63, 3.8) is 0 Å². The zero-order valence-electron chi connectivity index (χ0n) is 17.5. The average molecular weight is 413 g/mol. The van der Waals surface area contributed by atoms with Crippen molar-refractivity contribution in [2.45, 2.75) is 58.1 Å². The largest absolute Gasteiger partial charge is 0.453 e. The third kappa shape index (κ3) is 3.94. The van der Waals surface area contributed by atoms with Gasteiger partial charge in [-0.1, -0.05) is 44.9 Å². The number of H-pyrrole nitrogens is 1. The topological polar surface area (TPSA) is 109 Å². The third-order valence-corrected chi connectivity index (χ3v) is 5.42. The van der Waals surface area contributed by atoms with Gasteiger partial charge < -0.3 is 15.0 Å². The van der Waals surface area contributed by atoms with E-state index in [2.05, 4.69) is 10.3 Å². The number of urea groups is 1. The number of ketones is 1. The number of amides is 3. The number of fused-ring (bicyclic) bond motifs is 1. The summed E-state index contributed by atoms with van der Waals surface area (Å²) < 4.78 is 5.26. The molecular weight excluding hydrogens is 386 g/mol. The number of esters is 1. The highest BCUT2D eigenvalue weighted by Gasteiger charge is 2.50. The van der Waals surface area contributed by atoms with Crippen molar-refractivity contribution >= 4 is 34.6 Å². The van der Waals surface area contributed by atoms with Crippen LogP contribution in [0.5, 0.6) is 0 Å². The summed E-state index contributed by atoms with van der Waals surface area (Å²) in [6.45, 7) is 4.83. The van der Waals surface area contributed by atoms with Gasteiger partial charge >= 0.3 is 12.0 Å². The normalized spacial score (nSPS) is 16.6. The molecule has 1 aromatic heterocycles. The van der Waals surface area contributed by atoms with Crippen LogP contribution in [0.3, 0.4) is 0 Å². The zero-order valence-corrected chi connectivity index (χ0v) is 17.5. The Morgan fingerprint density at radius 3 is 2.47 bits per heavy atom. The lowest BCUT2D eigenvalue weighted by Crippen LogP contribution is -2.47. The fraction of sp³-hybridized carbons (Fsp3) is 0.455. The van der Waals surface area contributed by atoms with Gasteiger partial charge in [-0.2, -0.15) is 0 Å². The van der Waals surface area contributed by atoms with Gasteiger partial charge in [0.2, 0.25) is 5.78 Å². The number of hydrogen-bond acceptors (Lipinski definition) is 5. The van der Waals surface area contributed by atoms with Gasteiger partial charge in [0.05, 0.1) is 0 Å². The van der Waals surface area contributed by atoms with E-state index in [-0.39, 0.29) is 5.78 Å². The Morgan fingerprint density at radius 1 is 1.13 bits per heavy atom. The minimum absolute atomic E-state index is 0.357. The summed E-state index contributed by atoms with van der Waals surface area (Å²) in [6.07, 6.45) is 2.99. The number of carbonyl (C=O) groups excluding carboxylic acids is 4. The molecule has 2 aromatic rings. The van der Waals surface area contributed by atoms with E-state index in [1.165, 1.54) is 6.92 Å². The average Bonchev–Trinajstić information content (AvgIpc) is 3.23. The lowest BCUT2D eigenvalue weighted by Gasteiger charge is -2.25. The number of nitrogens with one attached hydrogen (secondary N) is 2. The van der Waals surface area contributed by atoms with E-state index in [1.807, 2.05) is 38.1 Å². The fourth-order valence-corrected chi connectivity index (χ4v) is 4.05. The first kappa shape index (κ1) is 21.5. The molecule has 2 N–H and O–H groups in total. The Bertz CT molecular complexity index is 974. The molecule has 3 rings (SSSR count). The summed E-state index contributed by atoms with van der Waals surface area (Å²) in [6, 6.07) is 6.72. The molecule has 0 spiro atoms. The van der Waals surface area contributed by atoms with Gasteiger partial charge in [-0.05, 0) is 25.8 Å². The Morgan fingerprint density at radius 2 is 1.80 bits per heavy atom. The fourth-order valence-electron chi connectivity index (χ4n) is 4.05. The van der Waals surface area contributed by atoms with Gasteiger partial charge in [0, 0.05) is 22.7 Å². The SMILES string of the molecule is CCCC1(CCC)NC(=O)N(CC(=O)O[C@@H](C)C(=O)c2c[nH]c3ccccc23)C1=O. The Balaban J connectivity index is 1.67. The molecule has 0 radical (unpaired) electrons. The molecule has 1 fully saturated rings. The van der Waals surface area contributed by atoms with Crippen molar-refractivity contribution in [3.8, 4) is 0 Å². The highest BCUT2D eigenvalue weighted by Crippen LogP contribution is 2.28. The molecule has 1 atom stereocenters. The van der Waals surface area contributed by atoms with Gasteiger partial charge in [0.15, 0.2) is 6.10 Å². The Labute approximate surface area is 174 Å². The van der Waals surface area contributed by atoms with Crippen LogP contribution < -0.4 is 5.32 Å². The Kier molecular flexibility index (Phi) is 6.24. The van der Waals surface area contributed by atoms with Crippen LogP contribution in [0.1, 0.15) is 56.8 Å². The second-order valence-corrected chi connectivity index (χ2v) is 7.65. The number of rotatable bonds is 9. The first-order chi connectivity index (χ1) is 14.3. The molecule has 8 heteroatoms. The highest BCUT2D eigenvalue weighted by atomic mass is 16.5. The summed E-state index contributed by atoms with van der Waals surface area (Å²) in [5, 5.41) is 3.49. The summed E-state index contributed by atoms with van der Waals surface area (Å²) >= 11 is 0. The predicted molar refractivity (Wildman–Crippen MR) is 111 cm³/mol. The number of benzene rings is 1. The predicted octanol–water partition coefficient (Wildman–Crippen LogP) is 3.17. The van der Waals surface area contributed by atoms with E-state index in [0.717, 1.165) is 28.6 Å². The van der Waals surface area contributed by atoms with Gasteiger partial charge in [-0.25, -0.2) is 4.79 Å². The van der Waals surface area contributed by atoms with Crippen molar-refractivity contribution in [2.75, 3.05) is 6.54 Å². The van der Waals surface area contributed by atoms with Crippen LogP contribution in [0.2, 0.25) is 0 Å². The van der Waals surface area contributed by atoms with Crippen molar-refractivity contribution in [2.24, 2.45) is 0 Å². The summed E-state index contributed by atoms with van der Waals surface area (Å²) in [5.74, 6) is -1.57. The van der Waals surface area contributed by atoms with Crippen LogP contribution in [0.15, 0.2) is 30.5 Å². The molecule has 8 nitrogen and oxygen atoms in total. The smallest absolute Gasteiger partial charge is 0.326 e. The van der Waals surface area contributed by atoms with Crippen LogP contribution in [0, 0.1) is 0 Å². The van der Waals surface area contributed by atoms with E-state index < -0.39 is 36.1 Å². The molecule has 1 aliphatic rings. The molecule has 0 saturated carbocycles. The number of nitrogens with zero attached hydrogens (tertiary/aromatic N) is 1. The molecule has 0 bridgehead atoms. The highest BCUT2D eigenvalue weighted by molar-refractivity contribution is 6.11. The summed E-state index contributed by atoms with van der Waals surface area (Å²) in [4.78, 5) is 54.3. The second-order valence-electron chi connectivity index (χ2n) is 7.65. The zero-order chi connectivity index (χ0) is 21.9. The molecule has 30 heavy (non-hydrogen) atoms. The molecule has 1 aliphatic heterocycles. The van der Waals surface area contributed by atoms with Crippen LogP contribution >= 0.6 is 0 Å². The number of hydrogen-bond donors (Lipinski definition) is 2. The van der Waals surface area contributed by atoms with Gasteiger partial charge in [0.25, 0.3) is 5.91 Å². The monoisotopic (exact) mass is 413 g/mol. The molecule has 0 aliphatic carbocycles. The number of aromatic nitrogens is 1. The van der Waals surface area contributed by atoms with Crippen molar-refractivity contribution in [1.82, 2.24) is 15.2 Å². The molecule has 1 aromatic carbocycles. The van der Waals surface area contributed by atoms with E-state index in [9.17, 15) is 19.2 Å². The van der Waals surface area contributed by atoms with E-state index >= 15 is 0 Å². The van der Waals surface area contributed by atoms with Crippen molar-refractivity contribution in [1.29, 1.82) is 0 Å². The molecule has 1 saturated heterocycles. The van der Waals surface area contributed by atoms with E-state index in [1.54, 1.807) is 6.20 Å². The van der Waals surface area contributed by atoms with Crippen molar-refractivity contribution in [3.05, 3.63) is 36.0 Å². The molecular formula is C22H27N3O5. The number of ether oxygens (including phenoxy) is 1. The number of Topliss-reactive ketones (excluding diaryl/α,β-unsaturated/α-hetero) is 1. The van der Waals surface area contributed by atoms with Crippen LogP contribution in [-0.2, 0) is 14.3 Å². The Hall–Kier alpha value is -3.16. The number of carbonyl (C=O) groups is 4. The van der Waals surface area contributed by atoms with Crippen LogP contribution in [0.4, 0.5) is 4.79 Å².